The third-order valence-electron chi connectivity index (χ3n) is 4.41. The topological polar surface area (TPSA) is 87.3 Å². The summed E-state index contributed by atoms with van der Waals surface area (Å²) in [5, 5.41) is 6.56. The Hall–Kier alpha value is -3.21. The number of carbonyl (C=O) groups is 1. The summed E-state index contributed by atoms with van der Waals surface area (Å²) in [5.41, 5.74) is 1.22. The molecule has 3 aromatic carbocycles. The molecule has 0 aliphatic rings. The van der Waals surface area contributed by atoms with Gasteiger partial charge in [0, 0.05) is 32.9 Å². The molecule has 4 rings (SSSR count). The summed E-state index contributed by atoms with van der Waals surface area (Å²) in [4.78, 5) is 13.2. The highest BCUT2D eigenvalue weighted by Crippen LogP contribution is 2.31. The molecule has 0 radical (unpaired) electrons. The van der Waals surface area contributed by atoms with Gasteiger partial charge < -0.3 is 10.6 Å². The van der Waals surface area contributed by atoms with Crippen molar-refractivity contribution in [1.82, 2.24) is 0 Å². The lowest BCUT2D eigenvalue weighted by Gasteiger charge is -2.11. The number of hydrogen-bond donors (Lipinski definition) is 3. The fourth-order valence-corrected chi connectivity index (χ4v) is 4.83. The summed E-state index contributed by atoms with van der Waals surface area (Å²) in [6, 6.07) is 14.4. The van der Waals surface area contributed by atoms with E-state index in [4.69, 9.17) is 11.6 Å². The average Bonchev–Trinajstić information content (AvgIpc) is 3.12. The van der Waals surface area contributed by atoms with Crippen LogP contribution in [0.15, 0.2) is 60.7 Å². The van der Waals surface area contributed by atoms with Crippen molar-refractivity contribution < 1.29 is 22.0 Å². The van der Waals surface area contributed by atoms with Gasteiger partial charge in [0.15, 0.2) is 0 Å². The molecule has 1 amide bonds. The molecule has 6 nitrogen and oxygen atoms in total. The second kappa shape index (κ2) is 8.97. The Kier molecular flexibility index (Phi) is 6.24. The fraction of sp³-hybridized carbons (Fsp3) is 0.0455. The van der Waals surface area contributed by atoms with Crippen molar-refractivity contribution in [3.63, 3.8) is 0 Å². The van der Waals surface area contributed by atoms with Gasteiger partial charge in [0.1, 0.15) is 11.6 Å². The van der Waals surface area contributed by atoms with E-state index < -0.39 is 27.6 Å². The number of anilines is 4. The molecule has 0 saturated heterocycles. The van der Waals surface area contributed by atoms with Crippen LogP contribution in [0.4, 0.5) is 31.5 Å². The molecular formula is C22H16ClF2N3O3S2. The number of nitrogens with one attached hydrogen (secondary N) is 3. The maximum absolute atomic E-state index is 13.9. The maximum atomic E-state index is 13.9. The molecule has 33 heavy (non-hydrogen) atoms. The van der Waals surface area contributed by atoms with Crippen molar-refractivity contribution in [3.8, 4) is 0 Å². The zero-order valence-electron chi connectivity index (χ0n) is 16.9. The van der Waals surface area contributed by atoms with E-state index >= 15 is 0 Å². The van der Waals surface area contributed by atoms with Gasteiger partial charge >= 0.3 is 0 Å². The lowest BCUT2D eigenvalue weighted by molar-refractivity contribution is 0.103. The van der Waals surface area contributed by atoms with Gasteiger partial charge in [-0.05, 0) is 60.0 Å². The summed E-state index contributed by atoms with van der Waals surface area (Å²) in [6.07, 6.45) is 1.06. The second-order valence-electron chi connectivity index (χ2n) is 7.17. The van der Waals surface area contributed by atoms with Gasteiger partial charge in [-0.1, -0.05) is 11.6 Å². The Labute approximate surface area is 197 Å². The van der Waals surface area contributed by atoms with Crippen LogP contribution in [0.25, 0.3) is 10.1 Å². The predicted molar refractivity (Wildman–Crippen MR) is 129 cm³/mol. The van der Waals surface area contributed by atoms with Gasteiger partial charge in [-0.25, -0.2) is 17.2 Å². The molecule has 0 atom stereocenters. The van der Waals surface area contributed by atoms with Gasteiger partial charge in [-0.3, -0.25) is 9.52 Å². The lowest BCUT2D eigenvalue weighted by atomic mass is 10.2. The number of carbonyl (C=O) groups excluding carboxylic acids is 1. The van der Waals surface area contributed by atoms with Crippen LogP contribution in [0.1, 0.15) is 9.67 Å². The monoisotopic (exact) mass is 507 g/mol. The van der Waals surface area contributed by atoms with Crippen LogP contribution in [0.5, 0.6) is 0 Å². The Morgan fingerprint density at radius 2 is 1.70 bits per heavy atom. The van der Waals surface area contributed by atoms with E-state index in [2.05, 4.69) is 15.4 Å². The van der Waals surface area contributed by atoms with Crippen LogP contribution >= 0.6 is 22.9 Å². The van der Waals surface area contributed by atoms with E-state index in [-0.39, 0.29) is 5.69 Å². The predicted octanol–water partition coefficient (Wildman–Crippen LogP) is 6.20. The van der Waals surface area contributed by atoms with Crippen LogP contribution in [-0.2, 0) is 10.0 Å². The van der Waals surface area contributed by atoms with Crippen LogP contribution in [0.2, 0.25) is 5.02 Å². The van der Waals surface area contributed by atoms with Gasteiger partial charge in [0.25, 0.3) is 5.91 Å². The number of fused-ring (bicyclic) bond motifs is 1. The van der Waals surface area contributed by atoms with E-state index in [1.807, 2.05) is 0 Å². The molecule has 0 spiro atoms. The van der Waals surface area contributed by atoms with Crippen molar-refractivity contribution in [2.45, 2.75) is 0 Å². The number of hydrogen-bond acceptors (Lipinski definition) is 5. The molecule has 3 N–H and O–H groups in total. The van der Waals surface area contributed by atoms with E-state index in [9.17, 15) is 22.0 Å². The number of amides is 1. The largest absolute Gasteiger partial charge is 0.353 e. The van der Waals surface area contributed by atoms with Crippen molar-refractivity contribution in [2.24, 2.45) is 0 Å². The standard InChI is InChI=1S/C22H16ClF2N3O3S2/c1-33(30,31)28-15-3-5-20-12(6-15)7-21(32-20)22(29)27-17-9-13(23)8-16(11-17)26-19-4-2-14(24)10-18(19)25/h2-11,26,28H,1H3,(H,27,29). The smallest absolute Gasteiger partial charge is 0.265 e. The Morgan fingerprint density at radius 3 is 2.42 bits per heavy atom. The minimum absolute atomic E-state index is 0.0546. The van der Waals surface area contributed by atoms with E-state index in [0.29, 0.717) is 32.3 Å². The maximum Gasteiger partial charge on any atom is 0.265 e. The summed E-state index contributed by atoms with van der Waals surface area (Å²) in [5.74, 6) is -1.86. The zero-order valence-corrected chi connectivity index (χ0v) is 19.3. The van der Waals surface area contributed by atoms with Gasteiger partial charge in [-0.15, -0.1) is 11.3 Å². The van der Waals surface area contributed by atoms with E-state index in [1.54, 1.807) is 30.3 Å². The van der Waals surface area contributed by atoms with Gasteiger partial charge in [0.05, 0.1) is 16.8 Å². The molecule has 0 aliphatic carbocycles. The van der Waals surface area contributed by atoms with Crippen molar-refractivity contribution in [1.29, 1.82) is 0 Å². The molecule has 1 heterocycles. The van der Waals surface area contributed by atoms with Gasteiger partial charge in [-0.2, -0.15) is 0 Å². The van der Waals surface area contributed by atoms with E-state index in [0.717, 1.165) is 23.1 Å². The molecule has 0 bridgehead atoms. The van der Waals surface area contributed by atoms with Crippen LogP contribution in [-0.4, -0.2) is 20.6 Å². The average molecular weight is 508 g/mol. The number of rotatable bonds is 6. The normalized spacial score (nSPS) is 11.4. The number of benzene rings is 3. The fourth-order valence-electron chi connectivity index (χ4n) is 3.11. The molecule has 0 saturated carbocycles. The summed E-state index contributed by atoms with van der Waals surface area (Å²) < 4.78 is 53.1. The van der Waals surface area contributed by atoms with Gasteiger partial charge in [0.2, 0.25) is 10.0 Å². The minimum Gasteiger partial charge on any atom is -0.353 e. The highest BCUT2D eigenvalue weighted by Gasteiger charge is 2.13. The summed E-state index contributed by atoms with van der Waals surface area (Å²) >= 11 is 7.39. The number of halogens is 3. The third kappa shape index (κ3) is 5.78. The summed E-state index contributed by atoms with van der Waals surface area (Å²) in [6.45, 7) is 0. The van der Waals surface area contributed by atoms with Crippen molar-refractivity contribution in [3.05, 3.63) is 82.2 Å². The first-order valence-corrected chi connectivity index (χ1v) is 12.5. The van der Waals surface area contributed by atoms with Crippen molar-refractivity contribution in [2.75, 3.05) is 21.6 Å². The third-order valence-corrected chi connectivity index (χ3v) is 6.35. The Balaban J connectivity index is 1.55. The van der Waals surface area contributed by atoms with Crippen LogP contribution < -0.4 is 15.4 Å². The quantitative estimate of drug-likeness (QED) is 0.290. The molecule has 0 unspecified atom stereocenters. The Bertz CT molecular complexity index is 1490. The molecule has 11 heteroatoms. The zero-order chi connectivity index (χ0) is 23.8. The van der Waals surface area contributed by atoms with E-state index in [1.165, 1.54) is 29.5 Å². The number of thiophene rings is 1. The molecule has 170 valence electrons. The minimum atomic E-state index is -3.42. The SMILES string of the molecule is CS(=O)(=O)Nc1ccc2sc(C(=O)Nc3cc(Cl)cc(Nc4ccc(F)cc4F)c3)cc2c1. The molecule has 4 aromatic rings. The Morgan fingerprint density at radius 1 is 0.939 bits per heavy atom. The van der Waals surface area contributed by atoms with Crippen LogP contribution in [0, 0.1) is 11.6 Å². The lowest BCUT2D eigenvalue weighted by Crippen LogP contribution is -2.10. The second-order valence-corrected chi connectivity index (χ2v) is 10.4. The molecular weight excluding hydrogens is 492 g/mol. The number of sulfonamides is 1. The molecule has 1 aromatic heterocycles. The first-order chi connectivity index (χ1) is 15.6. The summed E-state index contributed by atoms with van der Waals surface area (Å²) in [7, 11) is -3.42. The van der Waals surface area contributed by atoms with Crippen molar-refractivity contribution >= 4 is 71.7 Å². The highest BCUT2D eigenvalue weighted by molar-refractivity contribution is 7.92. The molecule has 0 fully saturated rings. The highest BCUT2D eigenvalue weighted by atomic mass is 35.5. The van der Waals surface area contributed by atoms with Crippen LogP contribution in [0.3, 0.4) is 0 Å². The first kappa shape index (κ1) is 23.0. The molecule has 0 aliphatic heterocycles. The first-order valence-electron chi connectivity index (χ1n) is 9.41.